The maximum Gasteiger partial charge on any atom is 0.132 e. The molecule has 5 rings (SSSR count). The predicted molar refractivity (Wildman–Crippen MR) is 150 cm³/mol. The molecule has 1 saturated carbocycles. The summed E-state index contributed by atoms with van der Waals surface area (Å²) in [5.41, 5.74) is 2.96. The van der Waals surface area contributed by atoms with Gasteiger partial charge in [-0.15, -0.1) is 0 Å². The Hall–Kier alpha value is -2.96. The van der Waals surface area contributed by atoms with Crippen LogP contribution in [0.4, 0.5) is 14.5 Å². The summed E-state index contributed by atoms with van der Waals surface area (Å²) < 4.78 is 46.7. The van der Waals surface area contributed by atoms with Crippen molar-refractivity contribution in [2.24, 2.45) is 5.92 Å². The van der Waals surface area contributed by atoms with Crippen LogP contribution in [0.3, 0.4) is 0 Å². The Morgan fingerprint density at radius 1 is 0.872 bits per heavy atom. The van der Waals surface area contributed by atoms with Gasteiger partial charge in [-0.2, -0.15) is 0 Å². The lowest BCUT2D eigenvalue weighted by molar-refractivity contribution is -0.168. The highest BCUT2D eigenvalue weighted by atomic mass is 19.1. The molecule has 0 aromatic heterocycles. The molecule has 2 aliphatic rings. The Bertz CT molecular complexity index is 1220. The highest BCUT2D eigenvalue weighted by Gasteiger charge is 2.45. The fraction of sp³-hybridized carbons (Fsp3) is 0.455. The molecule has 3 aromatic rings. The summed E-state index contributed by atoms with van der Waals surface area (Å²) >= 11 is 0. The maximum absolute atomic E-state index is 13.8. The number of ether oxygens (including phenoxy) is 3. The van der Waals surface area contributed by atoms with Crippen LogP contribution in [0, 0.1) is 17.6 Å². The molecule has 2 atom stereocenters. The smallest absolute Gasteiger partial charge is 0.132 e. The quantitative estimate of drug-likeness (QED) is 0.283. The second-order valence-electron chi connectivity index (χ2n) is 11.4. The van der Waals surface area contributed by atoms with Crippen LogP contribution in [-0.4, -0.2) is 18.3 Å². The van der Waals surface area contributed by atoms with Crippen LogP contribution in [0.2, 0.25) is 0 Å². The zero-order chi connectivity index (χ0) is 27.2. The molecule has 4 nitrogen and oxygen atoms in total. The summed E-state index contributed by atoms with van der Waals surface area (Å²) in [5.74, 6) is 0.963. The van der Waals surface area contributed by atoms with E-state index in [0.717, 1.165) is 34.5 Å². The van der Waals surface area contributed by atoms with Gasteiger partial charge in [0, 0.05) is 24.4 Å². The predicted octanol–water partition coefficient (Wildman–Crippen LogP) is 8.36. The summed E-state index contributed by atoms with van der Waals surface area (Å²) in [6, 6.07) is 19.0. The molecule has 1 heterocycles. The first-order chi connectivity index (χ1) is 18.9. The summed E-state index contributed by atoms with van der Waals surface area (Å²) in [5, 5.41) is 3.44. The van der Waals surface area contributed by atoms with Crippen LogP contribution >= 0.6 is 0 Å². The molecule has 6 heteroatoms. The van der Waals surface area contributed by atoms with E-state index < -0.39 is 11.7 Å². The van der Waals surface area contributed by atoms with Crippen LogP contribution in [-0.2, 0) is 22.6 Å². The van der Waals surface area contributed by atoms with Gasteiger partial charge in [-0.3, -0.25) is 0 Å². The van der Waals surface area contributed by atoms with Crippen molar-refractivity contribution < 1.29 is 23.0 Å². The average molecular weight is 536 g/mol. The molecule has 0 saturated heterocycles. The van der Waals surface area contributed by atoms with Crippen molar-refractivity contribution in [3.05, 3.63) is 95.1 Å². The van der Waals surface area contributed by atoms with Crippen LogP contribution < -0.4 is 10.1 Å². The standard InChI is InChI=1S/C33H39F2NO3/c1-33(2)32(38-22-25-9-6-10-27(35)19-25)31(37-18-17-23-7-4-3-5-8-23)29-20-28(15-16-30(29)39-33)36-21-24-11-13-26(34)14-12-24/h6,9-16,19-20,23,31-32,36H,3-5,7-8,17-18,21-22H2,1-2H3. The van der Waals surface area contributed by atoms with Crippen LogP contribution in [0.5, 0.6) is 5.75 Å². The SMILES string of the molecule is CC1(C)Oc2ccc(NCc3ccc(F)cc3)cc2C(OCCC2CCCCC2)C1OCc1cccc(F)c1. The van der Waals surface area contributed by atoms with Crippen LogP contribution in [0.1, 0.15) is 75.2 Å². The number of anilines is 1. The zero-order valence-electron chi connectivity index (χ0n) is 22.9. The minimum absolute atomic E-state index is 0.246. The third-order valence-electron chi connectivity index (χ3n) is 7.93. The summed E-state index contributed by atoms with van der Waals surface area (Å²) in [6.07, 6.45) is 6.79. The molecule has 1 aliphatic carbocycles. The third kappa shape index (κ3) is 7.17. The highest BCUT2D eigenvalue weighted by molar-refractivity contribution is 5.54. The van der Waals surface area contributed by atoms with E-state index in [9.17, 15) is 8.78 Å². The van der Waals surface area contributed by atoms with Crippen LogP contribution in [0.15, 0.2) is 66.7 Å². The van der Waals surface area contributed by atoms with Gasteiger partial charge in [-0.05, 0) is 79.8 Å². The number of benzene rings is 3. The Morgan fingerprint density at radius 2 is 1.67 bits per heavy atom. The molecular weight excluding hydrogens is 496 g/mol. The van der Waals surface area contributed by atoms with Crippen molar-refractivity contribution in [3.63, 3.8) is 0 Å². The first-order valence-electron chi connectivity index (χ1n) is 14.2. The molecule has 1 aliphatic heterocycles. The number of nitrogens with one attached hydrogen (secondary N) is 1. The molecule has 1 N–H and O–H groups in total. The Balaban J connectivity index is 1.36. The van der Waals surface area contributed by atoms with Crippen molar-refractivity contribution in [1.82, 2.24) is 0 Å². The van der Waals surface area contributed by atoms with E-state index in [-0.39, 0.29) is 24.3 Å². The van der Waals surface area contributed by atoms with Gasteiger partial charge < -0.3 is 19.5 Å². The van der Waals surface area contributed by atoms with Gasteiger partial charge in [-0.1, -0.05) is 56.4 Å². The van der Waals surface area contributed by atoms with Gasteiger partial charge in [0.1, 0.15) is 35.2 Å². The van der Waals surface area contributed by atoms with E-state index in [1.165, 1.54) is 56.4 Å². The molecule has 0 amide bonds. The second-order valence-corrected chi connectivity index (χ2v) is 11.4. The Morgan fingerprint density at radius 3 is 2.44 bits per heavy atom. The lowest BCUT2D eigenvalue weighted by Crippen LogP contribution is -2.51. The minimum atomic E-state index is -0.654. The van der Waals surface area contributed by atoms with Gasteiger partial charge >= 0.3 is 0 Å². The van der Waals surface area contributed by atoms with Gasteiger partial charge in [0.25, 0.3) is 0 Å². The van der Waals surface area contributed by atoms with Crippen molar-refractivity contribution in [2.45, 2.75) is 83.3 Å². The molecule has 39 heavy (non-hydrogen) atoms. The topological polar surface area (TPSA) is 39.7 Å². The van der Waals surface area contributed by atoms with Gasteiger partial charge in [0.15, 0.2) is 0 Å². The van der Waals surface area contributed by atoms with E-state index in [4.69, 9.17) is 14.2 Å². The van der Waals surface area contributed by atoms with Crippen molar-refractivity contribution in [2.75, 3.05) is 11.9 Å². The summed E-state index contributed by atoms with van der Waals surface area (Å²) in [7, 11) is 0. The second kappa shape index (κ2) is 12.5. The average Bonchev–Trinajstić information content (AvgIpc) is 2.92. The number of rotatable bonds is 10. The molecule has 0 bridgehead atoms. The molecule has 0 radical (unpaired) electrons. The van der Waals surface area contributed by atoms with E-state index in [1.807, 2.05) is 32.0 Å². The van der Waals surface area contributed by atoms with Crippen molar-refractivity contribution in [1.29, 1.82) is 0 Å². The number of halogens is 2. The van der Waals surface area contributed by atoms with Crippen LogP contribution in [0.25, 0.3) is 0 Å². The largest absolute Gasteiger partial charge is 0.485 e. The minimum Gasteiger partial charge on any atom is -0.485 e. The molecule has 3 aromatic carbocycles. The first-order valence-corrected chi connectivity index (χ1v) is 14.2. The fourth-order valence-electron chi connectivity index (χ4n) is 5.76. The zero-order valence-corrected chi connectivity index (χ0v) is 22.9. The molecule has 2 unspecified atom stereocenters. The highest BCUT2D eigenvalue weighted by Crippen LogP contribution is 2.45. The van der Waals surface area contributed by atoms with Crippen molar-refractivity contribution >= 4 is 5.69 Å². The van der Waals surface area contributed by atoms with Gasteiger partial charge in [-0.25, -0.2) is 8.78 Å². The van der Waals surface area contributed by atoms with Gasteiger partial charge in [0.05, 0.1) is 6.61 Å². The number of hydrogen-bond donors (Lipinski definition) is 1. The lowest BCUT2D eigenvalue weighted by atomic mass is 9.86. The Labute approximate surface area is 230 Å². The number of fused-ring (bicyclic) bond motifs is 1. The van der Waals surface area contributed by atoms with E-state index in [1.54, 1.807) is 18.2 Å². The third-order valence-corrected chi connectivity index (χ3v) is 7.93. The summed E-state index contributed by atoms with van der Waals surface area (Å²) in [6.45, 7) is 5.51. The van der Waals surface area contributed by atoms with E-state index >= 15 is 0 Å². The Kier molecular flexibility index (Phi) is 8.83. The lowest BCUT2D eigenvalue weighted by Gasteiger charge is -2.44. The molecule has 208 valence electrons. The van der Waals surface area contributed by atoms with E-state index in [0.29, 0.717) is 19.1 Å². The first kappa shape index (κ1) is 27.6. The molecular formula is C33H39F2NO3. The number of hydrogen-bond acceptors (Lipinski definition) is 4. The maximum atomic E-state index is 13.8. The van der Waals surface area contributed by atoms with Crippen molar-refractivity contribution in [3.8, 4) is 5.75 Å². The molecule has 0 spiro atoms. The monoisotopic (exact) mass is 535 g/mol. The molecule has 1 fully saturated rings. The van der Waals surface area contributed by atoms with Gasteiger partial charge in [0.2, 0.25) is 0 Å². The van der Waals surface area contributed by atoms with E-state index in [2.05, 4.69) is 11.4 Å². The summed E-state index contributed by atoms with van der Waals surface area (Å²) in [4.78, 5) is 0. The normalized spacial score (nSPS) is 20.7. The fourth-order valence-corrected chi connectivity index (χ4v) is 5.76.